The molecule has 0 spiro atoms. The second-order valence-electron chi connectivity index (χ2n) is 4.55. The van der Waals surface area contributed by atoms with Gasteiger partial charge in [-0.3, -0.25) is 0 Å². The second kappa shape index (κ2) is 5.53. The summed E-state index contributed by atoms with van der Waals surface area (Å²) < 4.78 is 33.4. The molecule has 6 nitrogen and oxygen atoms in total. The van der Waals surface area contributed by atoms with Crippen LogP contribution in [-0.2, 0) is 16.3 Å². The molecule has 0 atom stereocenters. The first-order valence-corrected chi connectivity index (χ1v) is 9.05. The van der Waals surface area contributed by atoms with Crippen molar-refractivity contribution in [3.8, 4) is 11.5 Å². The van der Waals surface area contributed by atoms with Crippen LogP contribution in [-0.4, -0.2) is 34.4 Å². The van der Waals surface area contributed by atoms with E-state index in [0.29, 0.717) is 11.7 Å². The maximum absolute atomic E-state index is 11.5. The van der Waals surface area contributed by atoms with Crippen LogP contribution in [0.3, 0.4) is 0 Å². The quantitative estimate of drug-likeness (QED) is 0.716. The van der Waals surface area contributed by atoms with E-state index in [4.69, 9.17) is 4.52 Å². The Morgan fingerprint density at radius 3 is 3.00 bits per heavy atom. The Morgan fingerprint density at radius 2 is 2.19 bits per heavy atom. The van der Waals surface area contributed by atoms with Gasteiger partial charge in [-0.15, -0.1) is 0 Å². The molecule has 0 aliphatic rings. The highest BCUT2D eigenvalue weighted by atomic mass is 32.2. The van der Waals surface area contributed by atoms with Gasteiger partial charge in [-0.25, -0.2) is 8.42 Å². The van der Waals surface area contributed by atoms with E-state index in [0.717, 1.165) is 15.6 Å². The highest BCUT2D eigenvalue weighted by Gasteiger charge is 2.15. The Hall–Kier alpha value is -1.80. The lowest BCUT2D eigenvalue weighted by Crippen LogP contribution is -2.11. The van der Waals surface area contributed by atoms with Gasteiger partial charge in [0.15, 0.2) is 5.82 Å². The highest BCUT2D eigenvalue weighted by Crippen LogP contribution is 2.30. The smallest absolute Gasteiger partial charge is 0.259 e. The fourth-order valence-corrected chi connectivity index (χ4v) is 3.45. The van der Waals surface area contributed by atoms with Gasteiger partial charge in [0, 0.05) is 23.8 Å². The Labute approximate surface area is 125 Å². The maximum atomic E-state index is 11.5. The lowest BCUT2D eigenvalue weighted by atomic mass is 10.2. The first-order chi connectivity index (χ1) is 10.1. The average molecular weight is 323 g/mol. The number of aromatic nitrogens is 3. The molecule has 1 aromatic carbocycles. The molecule has 0 unspecified atom stereocenters. The van der Waals surface area contributed by atoms with Crippen molar-refractivity contribution in [2.45, 2.75) is 13.3 Å². The van der Waals surface area contributed by atoms with E-state index in [1.165, 1.54) is 11.5 Å². The topological polar surface area (TPSA) is 86.0 Å². The molecular weight excluding hydrogens is 310 g/mol. The third-order valence-electron chi connectivity index (χ3n) is 3.16. The van der Waals surface area contributed by atoms with E-state index < -0.39 is 9.84 Å². The molecule has 110 valence electrons. The summed E-state index contributed by atoms with van der Waals surface area (Å²) >= 11 is 1.37. The van der Waals surface area contributed by atoms with Crippen molar-refractivity contribution in [2.24, 2.45) is 0 Å². The molecule has 0 fully saturated rings. The van der Waals surface area contributed by atoms with Crippen LogP contribution in [0.25, 0.3) is 21.5 Å². The van der Waals surface area contributed by atoms with Crippen LogP contribution in [0.4, 0.5) is 0 Å². The summed E-state index contributed by atoms with van der Waals surface area (Å²) in [6.45, 7) is 1.63. The van der Waals surface area contributed by atoms with E-state index in [1.807, 2.05) is 18.2 Å². The first-order valence-electron chi connectivity index (χ1n) is 6.46. The average Bonchev–Trinajstić information content (AvgIpc) is 3.13. The van der Waals surface area contributed by atoms with Gasteiger partial charge in [-0.1, -0.05) is 24.2 Å². The van der Waals surface area contributed by atoms with Crippen LogP contribution in [0.5, 0.6) is 0 Å². The molecule has 0 amide bonds. The lowest BCUT2D eigenvalue weighted by molar-refractivity contribution is 0.423. The molecule has 0 bridgehead atoms. The van der Waals surface area contributed by atoms with Gasteiger partial charge in [0.2, 0.25) is 0 Å². The van der Waals surface area contributed by atoms with Crippen molar-refractivity contribution in [1.82, 2.24) is 14.5 Å². The Kier molecular flexibility index (Phi) is 3.73. The number of fused-ring (bicyclic) bond motifs is 1. The minimum Gasteiger partial charge on any atom is -0.334 e. The molecule has 3 aromatic rings. The van der Waals surface area contributed by atoms with Crippen LogP contribution < -0.4 is 0 Å². The fraction of sp³-hybridized carbons (Fsp3) is 0.308. The van der Waals surface area contributed by atoms with Crippen molar-refractivity contribution in [3.63, 3.8) is 0 Å². The number of benzene rings is 1. The molecule has 0 aliphatic carbocycles. The van der Waals surface area contributed by atoms with Crippen LogP contribution in [0.15, 0.2) is 28.9 Å². The zero-order valence-corrected chi connectivity index (χ0v) is 12.9. The van der Waals surface area contributed by atoms with Crippen LogP contribution in [0.1, 0.15) is 12.7 Å². The zero-order valence-electron chi connectivity index (χ0n) is 11.3. The molecule has 2 heterocycles. The van der Waals surface area contributed by atoms with Gasteiger partial charge in [-0.2, -0.15) is 9.36 Å². The van der Waals surface area contributed by atoms with Gasteiger partial charge in [0.25, 0.3) is 5.89 Å². The minimum absolute atomic E-state index is 0.0350. The van der Waals surface area contributed by atoms with Gasteiger partial charge in [0.1, 0.15) is 9.84 Å². The van der Waals surface area contributed by atoms with Crippen molar-refractivity contribution in [2.75, 3.05) is 11.5 Å². The molecular formula is C13H13N3O3S2. The molecule has 0 radical (unpaired) electrons. The van der Waals surface area contributed by atoms with Crippen LogP contribution in [0.2, 0.25) is 0 Å². The molecule has 0 N–H and O–H groups in total. The predicted molar refractivity (Wildman–Crippen MR) is 80.9 cm³/mol. The number of rotatable bonds is 5. The predicted octanol–water partition coefficient (Wildman–Crippen LogP) is 2.32. The van der Waals surface area contributed by atoms with Crippen molar-refractivity contribution in [3.05, 3.63) is 30.2 Å². The summed E-state index contributed by atoms with van der Waals surface area (Å²) in [5.74, 6) is 0.961. The Balaban J connectivity index is 1.87. The fourth-order valence-electron chi connectivity index (χ4n) is 1.92. The zero-order chi connectivity index (χ0) is 14.9. The number of aryl methyl sites for hydroxylation is 1. The lowest BCUT2D eigenvalue weighted by Gasteiger charge is -1.96. The number of nitrogens with zero attached hydrogens (tertiary/aromatic N) is 3. The van der Waals surface area contributed by atoms with Gasteiger partial charge in [-0.05, 0) is 17.6 Å². The van der Waals surface area contributed by atoms with E-state index in [9.17, 15) is 8.42 Å². The van der Waals surface area contributed by atoms with Crippen molar-refractivity contribution < 1.29 is 12.9 Å². The number of hydrogen-bond acceptors (Lipinski definition) is 7. The molecule has 3 rings (SSSR count). The normalized spacial score (nSPS) is 12.0. The number of hydrogen-bond donors (Lipinski definition) is 0. The highest BCUT2D eigenvalue weighted by molar-refractivity contribution is 7.91. The summed E-state index contributed by atoms with van der Waals surface area (Å²) in [6.07, 6.45) is 2.05. The van der Waals surface area contributed by atoms with Gasteiger partial charge < -0.3 is 4.52 Å². The van der Waals surface area contributed by atoms with Crippen LogP contribution >= 0.6 is 11.5 Å². The molecule has 0 saturated carbocycles. The van der Waals surface area contributed by atoms with Crippen molar-refractivity contribution in [1.29, 1.82) is 0 Å². The molecule has 21 heavy (non-hydrogen) atoms. The van der Waals surface area contributed by atoms with Crippen LogP contribution in [0, 0.1) is 0 Å². The monoisotopic (exact) mass is 323 g/mol. The maximum Gasteiger partial charge on any atom is 0.259 e. The molecule has 0 saturated heterocycles. The van der Waals surface area contributed by atoms with E-state index in [-0.39, 0.29) is 17.9 Å². The van der Waals surface area contributed by atoms with Gasteiger partial charge >= 0.3 is 0 Å². The Bertz CT molecular complexity index is 868. The summed E-state index contributed by atoms with van der Waals surface area (Å²) in [4.78, 5) is 4.28. The molecule has 2 aromatic heterocycles. The van der Waals surface area contributed by atoms with E-state index in [2.05, 4.69) is 14.5 Å². The van der Waals surface area contributed by atoms with E-state index in [1.54, 1.807) is 13.1 Å². The third kappa shape index (κ3) is 2.96. The summed E-state index contributed by atoms with van der Waals surface area (Å²) in [5, 5.41) is 4.87. The summed E-state index contributed by atoms with van der Waals surface area (Å²) in [6, 6.07) is 5.76. The minimum atomic E-state index is -3.03. The van der Waals surface area contributed by atoms with Crippen molar-refractivity contribution >= 4 is 31.5 Å². The second-order valence-corrected chi connectivity index (χ2v) is 7.83. The third-order valence-corrected chi connectivity index (χ3v) is 5.71. The molecule has 0 aliphatic heterocycles. The summed E-state index contributed by atoms with van der Waals surface area (Å²) in [7, 11) is -3.03. The Morgan fingerprint density at radius 1 is 1.33 bits per heavy atom. The number of sulfone groups is 1. The standard InChI is InChI=1S/C13H13N3O3S2/c1-2-21(17,18)7-6-11-15-13(19-16-11)10-5-3-4-9-8-14-20-12(9)10/h3-5,8H,2,6-7H2,1H3. The SMILES string of the molecule is CCS(=O)(=O)CCc1noc(-c2cccc3cnsc23)n1. The van der Waals surface area contributed by atoms with Gasteiger partial charge in [0.05, 0.1) is 16.0 Å². The largest absolute Gasteiger partial charge is 0.334 e. The van der Waals surface area contributed by atoms with E-state index >= 15 is 0 Å². The first kappa shape index (κ1) is 14.2. The summed E-state index contributed by atoms with van der Waals surface area (Å²) in [5.41, 5.74) is 0.826. The molecule has 8 heteroatoms.